The summed E-state index contributed by atoms with van der Waals surface area (Å²) in [6.07, 6.45) is 5.16. The van der Waals surface area contributed by atoms with E-state index in [0.717, 1.165) is 19.3 Å². The van der Waals surface area contributed by atoms with E-state index in [1.165, 1.54) is 12.8 Å². The molecule has 1 unspecified atom stereocenters. The molecule has 1 aromatic carbocycles. The number of hydrogen-bond acceptors (Lipinski definition) is 2. The first-order valence-corrected chi connectivity index (χ1v) is 8.17. The highest BCUT2D eigenvalue weighted by Crippen LogP contribution is 2.15. The number of sulfonamides is 1. The van der Waals surface area contributed by atoms with Crippen LogP contribution in [0.2, 0.25) is 0 Å². The number of benzene rings is 1. The van der Waals surface area contributed by atoms with Gasteiger partial charge in [0.25, 0.3) is 0 Å². The average Bonchev–Trinajstić information content (AvgIpc) is 2.35. The van der Waals surface area contributed by atoms with Crippen LogP contribution in [0.15, 0.2) is 30.3 Å². The van der Waals surface area contributed by atoms with Gasteiger partial charge in [0.05, 0.1) is 5.25 Å². The van der Waals surface area contributed by atoms with Crippen molar-refractivity contribution in [2.24, 2.45) is 0 Å². The molecule has 1 atom stereocenters. The molecule has 0 amide bonds. The van der Waals surface area contributed by atoms with Gasteiger partial charge in [0.15, 0.2) is 0 Å². The van der Waals surface area contributed by atoms with Gasteiger partial charge in [-0.25, -0.2) is 8.42 Å². The van der Waals surface area contributed by atoms with Crippen molar-refractivity contribution in [1.29, 1.82) is 0 Å². The number of unbranched alkanes of at least 4 members (excludes halogenated alkanes) is 3. The maximum Gasteiger partial charge on any atom is 0.235 e. The first-order valence-electron chi connectivity index (χ1n) is 6.63. The van der Waals surface area contributed by atoms with Gasteiger partial charge in [-0.3, -0.25) is 4.72 Å². The second-order valence-electron chi connectivity index (χ2n) is 4.67. The molecule has 0 aromatic heterocycles. The van der Waals surface area contributed by atoms with Gasteiger partial charge in [-0.05, 0) is 25.5 Å². The molecule has 0 radical (unpaired) electrons. The smallest absolute Gasteiger partial charge is 0.235 e. The Balaban J connectivity index is 2.47. The van der Waals surface area contributed by atoms with Crippen LogP contribution in [-0.2, 0) is 10.0 Å². The lowest BCUT2D eigenvalue weighted by Gasteiger charge is -2.14. The van der Waals surface area contributed by atoms with Crippen LogP contribution in [0.5, 0.6) is 0 Å². The first-order chi connectivity index (χ1) is 8.56. The van der Waals surface area contributed by atoms with Crippen molar-refractivity contribution in [1.82, 2.24) is 0 Å². The molecule has 0 aliphatic rings. The number of hydrogen-bond donors (Lipinski definition) is 1. The molecule has 1 N–H and O–H groups in total. The highest BCUT2D eigenvalue weighted by Gasteiger charge is 2.19. The Hall–Kier alpha value is -1.03. The van der Waals surface area contributed by atoms with Crippen LogP contribution in [0.25, 0.3) is 0 Å². The van der Waals surface area contributed by atoms with Crippen molar-refractivity contribution < 1.29 is 8.42 Å². The highest BCUT2D eigenvalue weighted by atomic mass is 32.2. The van der Waals surface area contributed by atoms with Gasteiger partial charge in [-0.15, -0.1) is 0 Å². The zero-order valence-electron chi connectivity index (χ0n) is 11.2. The van der Waals surface area contributed by atoms with Crippen LogP contribution in [0, 0.1) is 0 Å². The zero-order valence-corrected chi connectivity index (χ0v) is 12.0. The molecule has 0 saturated carbocycles. The molecule has 0 fully saturated rings. The Bertz CT molecular complexity index is 428. The molecule has 0 aliphatic carbocycles. The topological polar surface area (TPSA) is 46.2 Å². The summed E-state index contributed by atoms with van der Waals surface area (Å²) in [4.78, 5) is 0. The summed E-state index contributed by atoms with van der Waals surface area (Å²) < 4.78 is 26.7. The maximum atomic E-state index is 12.1. The fraction of sp³-hybridized carbons (Fsp3) is 0.571. The maximum absolute atomic E-state index is 12.1. The first kappa shape index (κ1) is 15.0. The summed E-state index contributed by atoms with van der Waals surface area (Å²) in [6, 6.07) is 9.04. The Morgan fingerprint density at radius 3 is 2.39 bits per heavy atom. The van der Waals surface area contributed by atoms with Crippen LogP contribution in [0.4, 0.5) is 5.69 Å². The monoisotopic (exact) mass is 269 g/mol. The summed E-state index contributed by atoms with van der Waals surface area (Å²) >= 11 is 0. The molecule has 0 bridgehead atoms. The summed E-state index contributed by atoms with van der Waals surface area (Å²) in [7, 11) is -3.25. The second kappa shape index (κ2) is 7.41. The van der Waals surface area contributed by atoms with Gasteiger partial charge in [0, 0.05) is 5.69 Å². The average molecular weight is 269 g/mol. The van der Waals surface area contributed by atoms with E-state index in [0.29, 0.717) is 5.69 Å². The third-order valence-electron chi connectivity index (χ3n) is 3.03. The molecule has 18 heavy (non-hydrogen) atoms. The van der Waals surface area contributed by atoms with Gasteiger partial charge in [0.1, 0.15) is 0 Å². The van der Waals surface area contributed by atoms with Gasteiger partial charge in [-0.2, -0.15) is 0 Å². The third kappa shape index (κ3) is 5.08. The molecule has 4 heteroatoms. The summed E-state index contributed by atoms with van der Waals surface area (Å²) in [5.41, 5.74) is 0.637. The Morgan fingerprint density at radius 2 is 1.78 bits per heavy atom. The van der Waals surface area contributed by atoms with E-state index in [1.807, 2.05) is 18.2 Å². The molecule has 0 spiro atoms. The SMILES string of the molecule is CCCCCCC(C)S(=O)(=O)Nc1ccccc1. The van der Waals surface area contributed by atoms with Crippen LogP contribution in [0.1, 0.15) is 46.0 Å². The van der Waals surface area contributed by atoms with E-state index in [1.54, 1.807) is 19.1 Å². The molecule has 0 aliphatic heterocycles. The lowest BCUT2D eigenvalue weighted by molar-refractivity contribution is 0.567. The lowest BCUT2D eigenvalue weighted by Crippen LogP contribution is -2.25. The number of para-hydroxylation sites is 1. The van der Waals surface area contributed by atoms with Crippen molar-refractivity contribution >= 4 is 15.7 Å². The second-order valence-corrected chi connectivity index (χ2v) is 6.77. The van der Waals surface area contributed by atoms with Crippen molar-refractivity contribution in [3.05, 3.63) is 30.3 Å². The fourth-order valence-corrected chi connectivity index (χ4v) is 2.93. The number of rotatable bonds is 8. The Labute approximate surface area is 111 Å². The lowest BCUT2D eigenvalue weighted by atomic mass is 10.1. The van der Waals surface area contributed by atoms with E-state index in [-0.39, 0.29) is 5.25 Å². The Morgan fingerprint density at radius 1 is 1.11 bits per heavy atom. The standard InChI is InChI=1S/C14H23NO2S/c1-3-4-5-7-10-13(2)18(16,17)15-14-11-8-6-9-12-14/h6,8-9,11-13,15H,3-5,7,10H2,1-2H3. The van der Waals surface area contributed by atoms with Gasteiger partial charge >= 0.3 is 0 Å². The Kier molecular flexibility index (Phi) is 6.19. The summed E-state index contributed by atoms with van der Waals surface area (Å²) in [5.74, 6) is 0. The van der Waals surface area contributed by atoms with E-state index >= 15 is 0 Å². The van der Waals surface area contributed by atoms with Crippen molar-refractivity contribution in [2.75, 3.05) is 4.72 Å². The minimum atomic E-state index is -3.25. The van der Waals surface area contributed by atoms with Crippen LogP contribution in [0.3, 0.4) is 0 Å². The molecule has 0 heterocycles. The van der Waals surface area contributed by atoms with Crippen molar-refractivity contribution in [3.8, 4) is 0 Å². The van der Waals surface area contributed by atoms with Gasteiger partial charge in [0.2, 0.25) is 10.0 Å². The van der Waals surface area contributed by atoms with Crippen molar-refractivity contribution in [3.63, 3.8) is 0 Å². The van der Waals surface area contributed by atoms with Crippen molar-refractivity contribution in [2.45, 2.75) is 51.2 Å². The number of nitrogens with one attached hydrogen (secondary N) is 1. The molecule has 102 valence electrons. The molecule has 1 aromatic rings. The van der Waals surface area contributed by atoms with E-state index in [4.69, 9.17) is 0 Å². The zero-order chi connectivity index (χ0) is 13.4. The minimum absolute atomic E-state index is 0.338. The van der Waals surface area contributed by atoms with Gasteiger partial charge in [-0.1, -0.05) is 50.8 Å². The van der Waals surface area contributed by atoms with Crippen LogP contribution >= 0.6 is 0 Å². The predicted molar refractivity (Wildman–Crippen MR) is 77.2 cm³/mol. The minimum Gasteiger partial charge on any atom is -0.283 e. The fourth-order valence-electron chi connectivity index (χ4n) is 1.78. The largest absolute Gasteiger partial charge is 0.283 e. The predicted octanol–water partition coefficient (Wildman–Crippen LogP) is 3.79. The molecule has 0 saturated heterocycles. The van der Waals surface area contributed by atoms with Crippen LogP contribution in [-0.4, -0.2) is 13.7 Å². The highest BCUT2D eigenvalue weighted by molar-refractivity contribution is 7.93. The third-order valence-corrected chi connectivity index (χ3v) is 4.84. The van der Waals surface area contributed by atoms with Crippen LogP contribution < -0.4 is 4.72 Å². The quantitative estimate of drug-likeness (QED) is 0.730. The summed E-state index contributed by atoms with van der Waals surface area (Å²) in [5, 5.41) is -0.338. The van der Waals surface area contributed by atoms with E-state index in [2.05, 4.69) is 11.6 Å². The van der Waals surface area contributed by atoms with E-state index < -0.39 is 10.0 Å². The van der Waals surface area contributed by atoms with Gasteiger partial charge < -0.3 is 0 Å². The molecule has 1 rings (SSSR count). The van der Waals surface area contributed by atoms with E-state index in [9.17, 15) is 8.42 Å². The normalized spacial score (nSPS) is 13.2. The molecular weight excluding hydrogens is 246 g/mol. The number of anilines is 1. The molecule has 3 nitrogen and oxygen atoms in total. The molecular formula is C14H23NO2S. The summed E-state index contributed by atoms with van der Waals surface area (Å²) in [6.45, 7) is 3.92.